The highest BCUT2D eigenvalue weighted by Crippen LogP contribution is 2.37. The molecule has 0 saturated heterocycles. The summed E-state index contributed by atoms with van der Waals surface area (Å²) in [6.45, 7) is -0.964. The van der Waals surface area contributed by atoms with Crippen LogP contribution in [0.3, 0.4) is 0 Å². The predicted molar refractivity (Wildman–Crippen MR) is 77.2 cm³/mol. The van der Waals surface area contributed by atoms with E-state index in [-0.39, 0.29) is 32.8 Å². The van der Waals surface area contributed by atoms with Crippen LogP contribution in [0.5, 0.6) is 5.75 Å². The quantitative estimate of drug-likeness (QED) is 0.802. The SMILES string of the molecule is CC(CCN)C(=O)Nc1cc(Cl)cc(Br)c1OC(F)F. The summed E-state index contributed by atoms with van der Waals surface area (Å²) >= 11 is 8.91. The number of anilines is 1. The van der Waals surface area contributed by atoms with Gasteiger partial charge in [-0.25, -0.2) is 0 Å². The van der Waals surface area contributed by atoms with Gasteiger partial charge in [-0.15, -0.1) is 0 Å². The maximum absolute atomic E-state index is 12.4. The summed E-state index contributed by atoms with van der Waals surface area (Å²) in [5.74, 6) is -0.862. The lowest BCUT2D eigenvalue weighted by molar-refractivity contribution is -0.119. The maximum atomic E-state index is 12.4. The highest BCUT2D eigenvalue weighted by Gasteiger charge is 2.19. The monoisotopic (exact) mass is 370 g/mol. The van der Waals surface area contributed by atoms with E-state index in [0.29, 0.717) is 13.0 Å². The van der Waals surface area contributed by atoms with E-state index in [1.807, 2.05) is 0 Å². The summed E-state index contributed by atoms with van der Waals surface area (Å²) in [7, 11) is 0. The van der Waals surface area contributed by atoms with Gasteiger partial charge in [0.15, 0.2) is 5.75 Å². The molecule has 4 nitrogen and oxygen atoms in total. The van der Waals surface area contributed by atoms with Crippen molar-refractivity contribution in [3.8, 4) is 5.75 Å². The van der Waals surface area contributed by atoms with Gasteiger partial charge >= 0.3 is 6.61 Å². The zero-order chi connectivity index (χ0) is 15.3. The normalized spacial score (nSPS) is 12.3. The van der Waals surface area contributed by atoms with Crippen molar-refractivity contribution >= 4 is 39.1 Å². The van der Waals surface area contributed by atoms with Crippen LogP contribution in [0.15, 0.2) is 16.6 Å². The highest BCUT2D eigenvalue weighted by atomic mass is 79.9. The molecule has 8 heteroatoms. The fraction of sp³-hybridized carbons (Fsp3) is 0.417. The van der Waals surface area contributed by atoms with Gasteiger partial charge in [0.05, 0.1) is 10.2 Å². The van der Waals surface area contributed by atoms with Gasteiger partial charge < -0.3 is 15.8 Å². The topological polar surface area (TPSA) is 64.4 Å². The molecule has 0 bridgehead atoms. The number of alkyl halides is 2. The van der Waals surface area contributed by atoms with E-state index in [1.165, 1.54) is 12.1 Å². The van der Waals surface area contributed by atoms with Crippen molar-refractivity contribution in [3.63, 3.8) is 0 Å². The van der Waals surface area contributed by atoms with Crippen molar-refractivity contribution in [1.82, 2.24) is 0 Å². The van der Waals surface area contributed by atoms with Gasteiger partial charge in [-0.3, -0.25) is 4.79 Å². The van der Waals surface area contributed by atoms with Crippen LogP contribution in [-0.4, -0.2) is 19.1 Å². The standard InChI is InChI=1S/C12H14BrClF2N2O2/c1-6(2-3-17)11(19)18-9-5-7(14)4-8(13)10(9)20-12(15)16/h4-6,12H,2-3,17H2,1H3,(H,18,19). The van der Waals surface area contributed by atoms with Gasteiger partial charge in [-0.1, -0.05) is 18.5 Å². The molecule has 1 aromatic rings. The van der Waals surface area contributed by atoms with E-state index in [0.717, 1.165) is 0 Å². The third-order valence-electron chi connectivity index (χ3n) is 2.52. The van der Waals surface area contributed by atoms with Gasteiger partial charge in [-0.2, -0.15) is 8.78 Å². The third kappa shape index (κ3) is 4.88. The Morgan fingerprint density at radius 2 is 2.20 bits per heavy atom. The number of hydrogen-bond acceptors (Lipinski definition) is 3. The van der Waals surface area contributed by atoms with Crippen LogP contribution >= 0.6 is 27.5 Å². The first-order valence-electron chi connectivity index (χ1n) is 5.80. The number of carbonyl (C=O) groups excluding carboxylic acids is 1. The smallest absolute Gasteiger partial charge is 0.387 e. The zero-order valence-electron chi connectivity index (χ0n) is 10.6. The number of amides is 1. The number of hydrogen-bond donors (Lipinski definition) is 2. The Morgan fingerprint density at radius 3 is 2.75 bits per heavy atom. The van der Waals surface area contributed by atoms with E-state index >= 15 is 0 Å². The lowest BCUT2D eigenvalue weighted by atomic mass is 10.1. The molecule has 3 N–H and O–H groups in total. The summed E-state index contributed by atoms with van der Waals surface area (Å²) in [6.07, 6.45) is 0.485. The summed E-state index contributed by atoms with van der Waals surface area (Å²) < 4.78 is 29.4. The molecule has 0 spiro atoms. The third-order valence-corrected chi connectivity index (χ3v) is 3.33. The molecule has 1 rings (SSSR count). The van der Waals surface area contributed by atoms with Gasteiger partial charge in [-0.05, 0) is 41.0 Å². The average molecular weight is 372 g/mol. The van der Waals surface area contributed by atoms with Crippen molar-refractivity contribution < 1.29 is 18.3 Å². The number of ether oxygens (including phenoxy) is 1. The van der Waals surface area contributed by atoms with Crippen LogP contribution in [0.2, 0.25) is 5.02 Å². The molecule has 1 atom stereocenters. The minimum absolute atomic E-state index is 0.0820. The number of carbonyl (C=O) groups is 1. The fourth-order valence-corrected chi connectivity index (χ4v) is 2.40. The molecule has 0 aromatic heterocycles. The van der Waals surface area contributed by atoms with Gasteiger partial charge in [0.2, 0.25) is 5.91 Å². The Balaban J connectivity index is 3.00. The Morgan fingerprint density at radius 1 is 1.55 bits per heavy atom. The molecule has 20 heavy (non-hydrogen) atoms. The average Bonchev–Trinajstić information content (AvgIpc) is 2.33. The number of nitrogens with one attached hydrogen (secondary N) is 1. The van der Waals surface area contributed by atoms with Crippen LogP contribution in [0.4, 0.5) is 14.5 Å². The second-order valence-corrected chi connectivity index (χ2v) is 5.40. The van der Waals surface area contributed by atoms with Crippen molar-refractivity contribution in [2.45, 2.75) is 20.0 Å². The Hall–Kier alpha value is -0.920. The molecule has 0 heterocycles. The second kappa shape index (κ2) is 7.75. The molecule has 0 fully saturated rings. The van der Waals surface area contributed by atoms with E-state index < -0.39 is 6.61 Å². The molecule has 0 aliphatic rings. The first kappa shape index (κ1) is 17.1. The molecule has 0 radical (unpaired) electrons. The zero-order valence-corrected chi connectivity index (χ0v) is 13.0. The number of rotatable bonds is 6. The lowest BCUT2D eigenvalue weighted by Gasteiger charge is -2.16. The number of halogens is 4. The van der Waals surface area contributed by atoms with Crippen LogP contribution in [0.25, 0.3) is 0 Å². The molecule has 1 aromatic carbocycles. The van der Waals surface area contributed by atoms with Gasteiger partial charge in [0, 0.05) is 10.9 Å². The number of nitrogens with two attached hydrogens (primary N) is 1. The molecule has 0 saturated carbocycles. The lowest BCUT2D eigenvalue weighted by Crippen LogP contribution is -2.23. The molecule has 0 aliphatic heterocycles. The first-order valence-corrected chi connectivity index (χ1v) is 6.97. The molecule has 1 unspecified atom stereocenters. The molecular formula is C12H14BrClF2N2O2. The summed E-state index contributed by atoms with van der Waals surface area (Å²) in [5.41, 5.74) is 5.45. The summed E-state index contributed by atoms with van der Waals surface area (Å²) in [5, 5.41) is 2.79. The van der Waals surface area contributed by atoms with Crippen LogP contribution in [0, 0.1) is 5.92 Å². The minimum atomic E-state index is -3.01. The van der Waals surface area contributed by atoms with Crippen molar-refractivity contribution in [2.24, 2.45) is 11.7 Å². The number of benzene rings is 1. The van der Waals surface area contributed by atoms with Crippen molar-refractivity contribution in [1.29, 1.82) is 0 Å². The molecule has 1 amide bonds. The van der Waals surface area contributed by atoms with Gasteiger partial charge in [0.1, 0.15) is 0 Å². The Bertz CT molecular complexity index is 489. The van der Waals surface area contributed by atoms with Crippen LogP contribution in [-0.2, 0) is 4.79 Å². The first-order chi connectivity index (χ1) is 9.35. The summed E-state index contributed by atoms with van der Waals surface area (Å²) in [6, 6.07) is 2.75. The van der Waals surface area contributed by atoms with Crippen molar-refractivity contribution in [2.75, 3.05) is 11.9 Å². The van der Waals surface area contributed by atoms with Crippen LogP contribution in [0.1, 0.15) is 13.3 Å². The van der Waals surface area contributed by atoms with E-state index in [4.69, 9.17) is 17.3 Å². The van der Waals surface area contributed by atoms with Crippen LogP contribution < -0.4 is 15.8 Å². The molecular weight excluding hydrogens is 357 g/mol. The molecule has 0 aliphatic carbocycles. The molecule has 112 valence electrons. The summed E-state index contributed by atoms with van der Waals surface area (Å²) in [4.78, 5) is 11.9. The Labute approximate surface area is 128 Å². The van der Waals surface area contributed by atoms with Crippen molar-refractivity contribution in [3.05, 3.63) is 21.6 Å². The largest absolute Gasteiger partial charge is 0.431 e. The van der Waals surface area contributed by atoms with E-state index in [2.05, 4.69) is 26.0 Å². The van der Waals surface area contributed by atoms with Gasteiger partial charge in [0.25, 0.3) is 0 Å². The predicted octanol–water partition coefficient (Wildman–Crippen LogP) is 3.63. The minimum Gasteiger partial charge on any atom is -0.431 e. The van der Waals surface area contributed by atoms with E-state index in [1.54, 1.807) is 6.92 Å². The Kier molecular flexibility index (Phi) is 6.64. The fourth-order valence-electron chi connectivity index (χ4n) is 1.50. The van der Waals surface area contributed by atoms with E-state index in [9.17, 15) is 13.6 Å². The highest BCUT2D eigenvalue weighted by molar-refractivity contribution is 9.10. The maximum Gasteiger partial charge on any atom is 0.387 e. The second-order valence-electron chi connectivity index (χ2n) is 4.11.